The Labute approximate surface area is 75.8 Å². The molecule has 0 amide bonds. The third kappa shape index (κ3) is 260. The van der Waals surface area contributed by atoms with Crippen LogP contribution >= 0.6 is 0 Å². The van der Waals surface area contributed by atoms with E-state index < -0.39 is 0 Å². The van der Waals surface area contributed by atoms with Crippen LogP contribution in [0.15, 0.2) is 0 Å². The molecule has 0 atom stereocenters. The second-order valence-electron chi connectivity index (χ2n) is 0. The summed E-state index contributed by atoms with van der Waals surface area (Å²) in [5.74, 6) is 0. The first kappa shape index (κ1) is 596. The molecule has 0 unspecified atom stereocenters. The Bertz CT molecular complexity index is 4.35. The van der Waals surface area contributed by atoms with E-state index in [4.69, 9.17) is 0 Å². The van der Waals surface area contributed by atoms with Crippen molar-refractivity contribution < 1.29 is 38.3 Å². The van der Waals surface area contributed by atoms with E-state index in [0.29, 0.717) is 0 Å². The molecular formula is H14CaO7+2. The van der Waals surface area contributed by atoms with Gasteiger partial charge in [-0.1, -0.05) is 0 Å². The van der Waals surface area contributed by atoms with E-state index >= 15 is 0 Å². The molecule has 0 aromatic heterocycles. The molecule has 0 aliphatic rings. The third-order valence-corrected chi connectivity index (χ3v) is 0. The van der Waals surface area contributed by atoms with Crippen molar-refractivity contribution in [2.24, 2.45) is 0 Å². The van der Waals surface area contributed by atoms with E-state index in [0.717, 1.165) is 0 Å². The van der Waals surface area contributed by atoms with Crippen LogP contribution in [-0.2, 0) is 0 Å². The Balaban J connectivity index is 0. The summed E-state index contributed by atoms with van der Waals surface area (Å²) < 4.78 is 0. The van der Waals surface area contributed by atoms with E-state index in [9.17, 15) is 0 Å². The minimum Gasteiger partial charge on any atom is -0.412 e. The van der Waals surface area contributed by atoms with Crippen LogP contribution in [-0.4, -0.2) is 76.1 Å². The average Bonchev–Trinajstić information content (AvgIpc) is 0. The molecule has 0 rings (SSSR count). The van der Waals surface area contributed by atoms with Gasteiger partial charge in [0.25, 0.3) is 0 Å². The fourth-order valence-electron chi connectivity index (χ4n) is 0. The van der Waals surface area contributed by atoms with Gasteiger partial charge in [0, 0.05) is 0 Å². The molecule has 0 fully saturated rings. The second-order valence-corrected chi connectivity index (χ2v) is 0. The Morgan fingerprint density at radius 1 is 0.250 bits per heavy atom. The van der Waals surface area contributed by atoms with Gasteiger partial charge < -0.3 is 38.3 Å². The van der Waals surface area contributed by atoms with E-state index in [-0.39, 0.29) is 76.1 Å². The molecule has 7 nitrogen and oxygen atoms in total. The van der Waals surface area contributed by atoms with E-state index in [2.05, 4.69) is 0 Å². The molecule has 0 aromatic carbocycles. The van der Waals surface area contributed by atoms with Crippen molar-refractivity contribution in [3.05, 3.63) is 0 Å². The van der Waals surface area contributed by atoms with Crippen LogP contribution in [0.2, 0.25) is 0 Å². The zero-order valence-corrected chi connectivity index (χ0v) is 6.42. The molecule has 56 valence electrons. The van der Waals surface area contributed by atoms with Crippen LogP contribution in [0, 0.1) is 0 Å². The molecule has 0 aliphatic heterocycles. The van der Waals surface area contributed by atoms with Gasteiger partial charge in [0.2, 0.25) is 0 Å². The fraction of sp³-hybridized carbons (Fsp3) is 0. The van der Waals surface area contributed by atoms with Gasteiger partial charge in [-0.2, -0.15) is 0 Å². The summed E-state index contributed by atoms with van der Waals surface area (Å²) in [6.07, 6.45) is 0. The van der Waals surface area contributed by atoms with Gasteiger partial charge in [-0.15, -0.1) is 0 Å². The van der Waals surface area contributed by atoms with Gasteiger partial charge in [-0.3, -0.25) is 0 Å². The first-order valence-corrected chi connectivity index (χ1v) is 0. The summed E-state index contributed by atoms with van der Waals surface area (Å²) in [7, 11) is 0. The molecule has 0 spiro atoms. The average molecular weight is 166 g/mol. The largest absolute Gasteiger partial charge is 2.00 e. The molecule has 0 heterocycles. The Morgan fingerprint density at radius 2 is 0.250 bits per heavy atom. The molecule has 0 saturated carbocycles. The molecule has 0 radical (unpaired) electrons. The zero-order valence-electron chi connectivity index (χ0n) is 4.21. The standard InChI is InChI=1S/Ca.7H2O/h;7*1H2/q+2;;;;;;;. The monoisotopic (exact) mass is 166 g/mol. The predicted molar refractivity (Wildman–Crippen MR) is 31.1 cm³/mol. The van der Waals surface area contributed by atoms with Crippen LogP contribution in [0.1, 0.15) is 0 Å². The van der Waals surface area contributed by atoms with E-state index in [1.165, 1.54) is 0 Å². The Kier molecular flexibility index (Phi) is 30200. The van der Waals surface area contributed by atoms with Crippen LogP contribution in [0.5, 0.6) is 0 Å². The summed E-state index contributed by atoms with van der Waals surface area (Å²) in [5.41, 5.74) is 0. The SMILES string of the molecule is O.O.O.O.O.O.O.[Ca+2]. The van der Waals surface area contributed by atoms with Crippen LogP contribution < -0.4 is 0 Å². The molecule has 8 heavy (non-hydrogen) atoms. The fourth-order valence-corrected chi connectivity index (χ4v) is 0. The summed E-state index contributed by atoms with van der Waals surface area (Å²) in [6.45, 7) is 0. The zero-order chi connectivity index (χ0) is 0. The summed E-state index contributed by atoms with van der Waals surface area (Å²) in [6, 6.07) is 0. The van der Waals surface area contributed by atoms with Crippen molar-refractivity contribution in [3.63, 3.8) is 0 Å². The quantitative estimate of drug-likeness (QED) is 0.306. The minimum atomic E-state index is 0. The van der Waals surface area contributed by atoms with E-state index in [1.54, 1.807) is 0 Å². The predicted octanol–water partition coefficient (Wildman–Crippen LogP) is -6.15. The Morgan fingerprint density at radius 3 is 0.250 bits per heavy atom. The molecule has 0 aromatic rings. The van der Waals surface area contributed by atoms with Crippen molar-refractivity contribution in [1.29, 1.82) is 0 Å². The number of rotatable bonds is 0. The second kappa shape index (κ2) is 405. The maximum Gasteiger partial charge on any atom is 2.00 e. The van der Waals surface area contributed by atoms with Crippen molar-refractivity contribution in [2.45, 2.75) is 0 Å². The van der Waals surface area contributed by atoms with Crippen LogP contribution in [0.4, 0.5) is 0 Å². The van der Waals surface area contributed by atoms with Crippen molar-refractivity contribution in [2.75, 3.05) is 0 Å². The van der Waals surface area contributed by atoms with Gasteiger partial charge in [-0.25, -0.2) is 0 Å². The van der Waals surface area contributed by atoms with Crippen LogP contribution in [0.3, 0.4) is 0 Å². The van der Waals surface area contributed by atoms with Gasteiger partial charge in [0.05, 0.1) is 0 Å². The Hall–Kier alpha value is 0.980. The van der Waals surface area contributed by atoms with Gasteiger partial charge in [0.1, 0.15) is 0 Å². The summed E-state index contributed by atoms with van der Waals surface area (Å²) >= 11 is 0. The first-order chi connectivity index (χ1) is 0. The smallest absolute Gasteiger partial charge is 0.412 e. The summed E-state index contributed by atoms with van der Waals surface area (Å²) in [5, 5.41) is 0. The maximum atomic E-state index is 0. The van der Waals surface area contributed by atoms with Crippen molar-refractivity contribution in [3.8, 4) is 0 Å². The van der Waals surface area contributed by atoms with Gasteiger partial charge >= 0.3 is 37.7 Å². The summed E-state index contributed by atoms with van der Waals surface area (Å²) in [4.78, 5) is 0. The minimum absolute atomic E-state index is 0. The first-order valence-electron chi connectivity index (χ1n) is 0. The molecule has 0 saturated heterocycles. The topological polar surface area (TPSA) is 220 Å². The van der Waals surface area contributed by atoms with Crippen molar-refractivity contribution in [1.82, 2.24) is 0 Å². The maximum absolute atomic E-state index is 0. The van der Waals surface area contributed by atoms with Crippen molar-refractivity contribution >= 4 is 37.7 Å². The van der Waals surface area contributed by atoms with E-state index in [1.807, 2.05) is 0 Å². The molecule has 8 heteroatoms. The molecular weight excluding hydrogens is 152 g/mol. The molecule has 14 N–H and O–H groups in total. The third-order valence-electron chi connectivity index (χ3n) is 0. The number of hydrogen-bond acceptors (Lipinski definition) is 0. The van der Waals surface area contributed by atoms with Crippen LogP contribution in [0.25, 0.3) is 0 Å². The van der Waals surface area contributed by atoms with Gasteiger partial charge in [0.15, 0.2) is 0 Å². The normalized spacial score (nSPS) is 0. The van der Waals surface area contributed by atoms with Gasteiger partial charge in [-0.05, 0) is 0 Å². The number of hydrogen-bond donors (Lipinski definition) is 0. The molecule has 0 aliphatic carbocycles. The molecule has 0 bridgehead atoms.